The highest BCUT2D eigenvalue weighted by Crippen LogP contribution is 2.13. The van der Waals surface area contributed by atoms with Crippen LogP contribution in [0.2, 0.25) is 0 Å². The molecule has 0 spiro atoms. The van der Waals surface area contributed by atoms with Gasteiger partial charge >= 0.3 is 0 Å². The summed E-state index contributed by atoms with van der Waals surface area (Å²) in [4.78, 5) is 0. The van der Waals surface area contributed by atoms with Crippen LogP contribution in [0.3, 0.4) is 0 Å². The van der Waals surface area contributed by atoms with E-state index in [0.717, 1.165) is 5.56 Å². The molecule has 1 aromatic carbocycles. The molecule has 0 saturated heterocycles. The fourth-order valence-electron chi connectivity index (χ4n) is 1.46. The summed E-state index contributed by atoms with van der Waals surface area (Å²) < 4.78 is 17.8. The lowest BCUT2D eigenvalue weighted by molar-refractivity contribution is 0.0630. The van der Waals surface area contributed by atoms with Crippen molar-refractivity contribution < 1.29 is 14.2 Å². The highest BCUT2D eigenvalue weighted by atomic mass is 19.1. The Bertz CT molecular complexity index is 320. The Hall–Kier alpha value is -0.970. The van der Waals surface area contributed by atoms with Crippen molar-refractivity contribution in [3.05, 3.63) is 35.6 Å². The van der Waals surface area contributed by atoms with Crippen molar-refractivity contribution in [3.63, 3.8) is 0 Å². The maximum Gasteiger partial charge on any atom is 0.123 e. The second-order valence-corrected chi connectivity index (χ2v) is 3.79. The summed E-state index contributed by atoms with van der Waals surface area (Å²) in [5.74, 6) is -0.247. The molecular weight excluding hydrogens is 209 g/mol. The molecule has 2 N–H and O–H groups in total. The van der Waals surface area contributed by atoms with E-state index < -0.39 is 6.10 Å². The van der Waals surface area contributed by atoms with Gasteiger partial charge in [0.2, 0.25) is 0 Å². The van der Waals surface area contributed by atoms with Crippen LogP contribution in [0, 0.1) is 5.82 Å². The van der Waals surface area contributed by atoms with Gasteiger partial charge in [0.15, 0.2) is 0 Å². The Labute approximate surface area is 95.2 Å². The summed E-state index contributed by atoms with van der Waals surface area (Å²) in [7, 11) is 1.54. The van der Waals surface area contributed by atoms with Crippen LogP contribution in [0.5, 0.6) is 0 Å². The summed E-state index contributed by atoms with van der Waals surface area (Å²) in [5.41, 5.74) is 0.865. The second kappa shape index (κ2) is 6.58. The van der Waals surface area contributed by atoms with Crippen LogP contribution < -0.4 is 5.32 Å². The lowest BCUT2D eigenvalue weighted by atomic mass is 10.1. The van der Waals surface area contributed by atoms with Gasteiger partial charge in [0.25, 0.3) is 0 Å². The minimum atomic E-state index is -0.541. The summed E-state index contributed by atoms with van der Waals surface area (Å²) in [6.07, 6.45) is -0.541. The van der Waals surface area contributed by atoms with Gasteiger partial charge in [0.05, 0.1) is 12.7 Å². The number of halogens is 1. The predicted octanol–water partition coefficient (Wildman–Crippen LogP) is 1.48. The summed E-state index contributed by atoms with van der Waals surface area (Å²) in [5, 5.41) is 12.6. The molecule has 0 amide bonds. The first-order valence-corrected chi connectivity index (χ1v) is 5.29. The lowest BCUT2D eigenvalue weighted by Gasteiger charge is -2.17. The molecule has 1 unspecified atom stereocenters. The van der Waals surface area contributed by atoms with Gasteiger partial charge in [-0.15, -0.1) is 0 Å². The summed E-state index contributed by atoms with van der Waals surface area (Å²) >= 11 is 0. The molecule has 0 aliphatic heterocycles. The molecule has 1 aromatic rings. The first-order chi connectivity index (χ1) is 7.63. The molecule has 0 bridgehead atoms. The Kier molecular flexibility index (Phi) is 5.38. The van der Waals surface area contributed by atoms with Gasteiger partial charge in [-0.3, -0.25) is 0 Å². The number of methoxy groups -OCH3 is 1. The van der Waals surface area contributed by atoms with Crippen molar-refractivity contribution in [1.29, 1.82) is 0 Å². The number of benzene rings is 1. The van der Waals surface area contributed by atoms with Gasteiger partial charge in [-0.05, 0) is 24.6 Å². The molecule has 0 saturated carbocycles. The molecule has 4 heteroatoms. The Balaban J connectivity index is 2.43. The zero-order valence-corrected chi connectivity index (χ0v) is 9.61. The fourth-order valence-corrected chi connectivity index (χ4v) is 1.46. The van der Waals surface area contributed by atoms with Crippen LogP contribution in [0.25, 0.3) is 0 Å². The first kappa shape index (κ1) is 13.1. The van der Waals surface area contributed by atoms with E-state index in [2.05, 4.69) is 5.32 Å². The van der Waals surface area contributed by atoms with Gasteiger partial charge in [0.1, 0.15) is 5.82 Å². The van der Waals surface area contributed by atoms with E-state index in [1.807, 2.05) is 13.0 Å². The molecule has 16 heavy (non-hydrogen) atoms. The van der Waals surface area contributed by atoms with Crippen molar-refractivity contribution in [2.24, 2.45) is 0 Å². The van der Waals surface area contributed by atoms with Crippen LogP contribution in [-0.2, 0) is 4.74 Å². The zero-order valence-electron chi connectivity index (χ0n) is 9.61. The standard InChI is InChI=1S/C12H18FNO2/c1-9(14-7-12(15)8-16-2)10-4-3-5-11(13)6-10/h3-6,9,12,14-15H,7-8H2,1-2H3/t9-,12?/m1/s1. The van der Waals surface area contributed by atoms with E-state index in [1.54, 1.807) is 13.2 Å². The first-order valence-electron chi connectivity index (χ1n) is 5.29. The maximum absolute atomic E-state index is 12.9. The van der Waals surface area contributed by atoms with Crippen LogP contribution in [0.1, 0.15) is 18.5 Å². The topological polar surface area (TPSA) is 41.5 Å². The number of aliphatic hydroxyl groups is 1. The molecule has 0 radical (unpaired) electrons. The molecule has 2 atom stereocenters. The quantitative estimate of drug-likeness (QED) is 0.773. The minimum Gasteiger partial charge on any atom is -0.389 e. The predicted molar refractivity (Wildman–Crippen MR) is 60.7 cm³/mol. The van der Waals surface area contributed by atoms with Gasteiger partial charge in [0, 0.05) is 19.7 Å². The summed E-state index contributed by atoms with van der Waals surface area (Å²) in [6.45, 7) is 2.64. The van der Waals surface area contributed by atoms with Gasteiger partial charge in [-0.25, -0.2) is 4.39 Å². The van der Waals surface area contributed by atoms with E-state index in [4.69, 9.17) is 4.74 Å². The van der Waals surface area contributed by atoms with Crippen LogP contribution in [0.4, 0.5) is 4.39 Å². The van der Waals surface area contributed by atoms with E-state index in [-0.39, 0.29) is 11.9 Å². The highest BCUT2D eigenvalue weighted by Gasteiger charge is 2.08. The average Bonchev–Trinajstić information content (AvgIpc) is 2.26. The SMILES string of the molecule is COCC(O)CN[C@H](C)c1cccc(F)c1. The molecular formula is C12H18FNO2. The fraction of sp³-hybridized carbons (Fsp3) is 0.500. The van der Waals surface area contributed by atoms with E-state index in [0.29, 0.717) is 13.2 Å². The van der Waals surface area contributed by atoms with Gasteiger partial charge in [-0.2, -0.15) is 0 Å². The third kappa shape index (κ3) is 4.26. The highest BCUT2D eigenvalue weighted by molar-refractivity contribution is 5.19. The normalized spacial score (nSPS) is 14.8. The van der Waals surface area contributed by atoms with Gasteiger partial charge in [-0.1, -0.05) is 12.1 Å². The van der Waals surface area contributed by atoms with Crippen LogP contribution in [-0.4, -0.2) is 31.5 Å². The minimum absolute atomic E-state index is 0.00204. The molecule has 1 rings (SSSR count). The Morgan fingerprint density at radius 2 is 2.25 bits per heavy atom. The maximum atomic E-state index is 12.9. The van der Waals surface area contributed by atoms with Crippen molar-refractivity contribution in [2.75, 3.05) is 20.3 Å². The molecule has 90 valence electrons. The smallest absolute Gasteiger partial charge is 0.123 e. The monoisotopic (exact) mass is 227 g/mol. The van der Waals surface area contributed by atoms with Crippen molar-refractivity contribution in [2.45, 2.75) is 19.1 Å². The van der Waals surface area contributed by atoms with Crippen LogP contribution in [0.15, 0.2) is 24.3 Å². The third-order valence-corrected chi connectivity index (χ3v) is 2.37. The number of hydrogen-bond donors (Lipinski definition) is 2. The van der Waals surface area contributed by atoms with Crippen molar-refractivity contribution >= 4 is 0 Å². The molecule has 3 nitrogen and oxygen atoms in total. The number of rotatable bonds is 6. The van der Waals surface area contributed by atoms with E-state index in [1.165, 1.54) is 12.1 Å². The van der Waals surface area contributed by atoms with Crippen LogP contribution >= 0.6 is 0 Å². The second-order valence-electron chi connectivity index (χ2n) is 3.79. The molecule has 0 aliphatic carbocycles. The number of ether oxygens (including phenoxy) is 1. The van der Waals surface area contributed by atoms with E-state index in [9.17, 15) is 9.50 Å². The largest absolute Gasteiger partial charge is 0.389 e. The molecule has 0 fully saturated rings. The molecule has 0 aromatic heterocycles. The molecule has 0 aliphatic rings. The van der Waals surface area contributed by atoms with E-state index >= 15 is 0 Å². The third-order valence-electron chi connectivity index (χ3n) is 2.37. The Morgan fingerprint density at radius 3 is 2.88 bits per heavy atom. The molecule has 0 heterocycles. The van der Waals surface area contributed by atoms with Gasteiger partial charge < -0.3 is 15.2 Å². The summed E-state index contributed by atoms with van der Waals surface area (Å²) in [6, 6.07) is 6.43. The lowest BCUT2D eigenvalue weighted by Crippen LogP contribution is -2.31. The van der Waals surface area contributed by atoms with Crippen molar-refractivity contribution in [3.8, 4) is 0 Å². The number of hydrogen-bond acceptors (Lipinski definition) is 3. The van der Waals surface area contributed by atoms with Crippen molar-refractivity contribution in [1.82, 2.24) is 5.32 Å². The number of nitrogens with one attached hydrogen (secondary N) is 1. The Morgan fingerprint density at radius 1 is 1.50 bits per heavy atom. The number of aliphatic hydroxyl groups excluding tert-OH is 1. The average molecular weight is 227 g/mol. The zero-order chi connectivity index (χ0) is 12.0.